The van der Waals surface area contributed by atoms with Gasteiger partial charge >= 0.3 is 0 Å². The Bertz CT molecular complexity index is 1120. The Balaban J connectivity index is 1.76. The van der Waals surface area contributed by atoms with Crippen LogP contribution in [-0.2, 0) is 9.53 Å². The zero-order valence-electron chi connectivity index (χ0n) is 15.9. The topological polar surface area (TPSA) is 69.0 Å². The van der Waals surface area contributed by atoms with Crippen LogP contribution in [0.1, 0.15) is 5.56 Å². The van der Waals surface area contributed by atoms with Crippen LogP contribution in [0.15, 0.2) is 51.7 Å². The molecule has 1 aliphatic heterocycles. The molecule has 1 aromatic heterocycles. The van der Waals surface area contributed by atoms with E-state index in [2.05, 4.69) is 0 Å². The van der Waals surface area contributed by atoms with Crippen LogP contribution in [0, 0.1) is 6.92 Å². The van der Waals surface area contributed by atoms with Crippen molar-refractivity contribution in [2.45, 2.75) is 6.92 Å². The molecule has 4 rings (SSSR count). The highest BCUT2D eigenvalue weighted by Crippen LogP contribution is 2.35. The van der Waals surface area contributed by atoms with Crippen LogP contribution in [0.25, 0.3) is 22.3 Å². The molecule has 1 amide bonds. The molecule has 0 aliphatic carbocycles. The van der Waals surface area contributed by atoms with E-state index in [1.807, 2.05) is 13.0 Å². The maximum atomic E-state index is 13.2. The second kappa shape index (κ2) is 8.27. The molecule has 0 radical (unpaired) electrons. The predicted octanol–water partition coefficient (Wildman–Crippen LogP) is 3.66. The maximum Gasteiger partial charge on any atom is 0.260 e. The number of aryl methyl sites for hydroxylation is 1. The molecule has 0 saturated carbocycles. The Kier molecular flexibility index (Phi) is 5.56. The highest BCUT2D eigenvalue weighted by atomic mass is 35.5. The molecule has 6 nitrogen and oxygen atoms in total. The molecule has 0 spiro atoms. The average Bonchev–Trinajstić information content (AvgIpc) is 2.73. The SMILES string of the molecule is Cc1ccc2c(=O)c(OCC(=O)N3CCOCC3)c(-c3ccccc3Cl)oc2c1. The number of hydrogen-bond donors (Lipinski definition) is 0. The quantitative estimate of drug-likeness (QED) is 0.653. The van der Waals surface area contributed by atoms with Gasteiger partial charge < -0.3 is 18.8 Å². The number of rotatable bonds is 4. The largest absolute Gasteiger partial charge is 0.476 e. The minimum Gasteiger partial charge on any atom is -0.476 e. The van der Waals surface area contributed by atoms with Crippen LogP contribution < -0.4 is 10.2 Å². The van der Waals surface area contributed by atoms with E-state index < -0.39 is 0 Å². The molecule has 1 fully saturated rings. The molecular formula is C22H20ClNO5. The van der Waals surface area contributed by atoms with E-state index in [0.717, 1.165) is 5.56 Å². The summed E-state index contributed by atoms with van der Waals surface area (Å²) in [4.78, 5) is 27.3. The van der Waals surface area contributed by atoms with Gasteiger partial charge in [0.15, 0.2) is 12.4 Å². The fourth-order valence-corrected chi connectivity index (χ4v) is 3.50. The summed E-state index contributed by atoms with van der Waals surface area (Å²) in [7, 11) is 0. The molecule has 2 aromatic carbocycles. The Hall–Kier alpha value is -2.83. The van der Waals surface area contributed by atoms with Crippen LogP contribution in [0.2, 0.25) is 5.02 Å². The molecule has 1 saturated heterocycles. The number of morpholine rings is 1. The zero-order chi connectivity index (χ0) is 20.4. The van der Waals surface area contributed by atoms with Gasteiger partial charge in [0.1, 0.15) is 5.58 Å². The molecule has 1 aliphatic rings. The summed E-state index contributed by atoms with van der Waals surface area (Å²) in [5.74, 6) is -0.00801. The predicted molar refractivity (Wildman–Crippen MR) is 111 cm³/mol. The molecule has 0 unspecified atom stereocenters. The van der Waals surface area contributed by atoms with Crippen LogP contribution in [0.3, 0.4) is 0 Å². The fourth-order valence-electron chi connectivity index (χ4n) is 3.27. The third kappa shape index (κ3) is 3.99. The molecule has 0 bridgehead atoms. The van der Waals surface area contributed by atoms with Crippen molar-refractivity contribution in [1.29, 1.82) is 0 Å². The molecule has 2 heterocycles. The monoisotopic (exact) mass is 413 g/mol. The molecule has 29 heavy (non-hydrogen) atoms. The molecular weight excluding hydrogens is 394 g/mol. The van der Waals surface area contributed by atoms with Crippen molar-refractivity contribution in [2.24, 2.45) is 0 Å². The smallest absolute Gasteiger partial charge is 0.260 e. The van der Waals surface area contributed by atoms with Crippen LogP contribution in [-0.4, -0.2) is 43.7 Å². The molecule has 7 heteroatoms. The third-order valence-corrected chi connectivity index (χ3v) is 5.16. The van der Waals surface area contributed by atoms with Crippen molar-refractivity contribution in [3.63, 3.8) is 0 Å². The van der Waals surface area contributed by atoms with Crippen molar-refractivity contribution >= 4 is 28.5 Å². The minimum absolute atomic E-state index is 0.0175. The first kappa shape index (κ1) is 19.5. The van der Waals surface area contributed by atoms with Crippen LogP contribution in [0.5, 0.6) is 5.75 Å². The second-order valence-electron chi connectivity index (χ2n) is 6.85. The Morgan fingerprint density at radius 2 is 1.93 bits per heavy atom. The standard InChI is InChI=1S/C22H20ClNO5/c1-14-6-7-16-18(12-14)29-21(15-4-2-3-5-17(15)23)22(20(16)26)28-13-19(25)24-8-10-27-11-9-24/h2-7,12H,8-11,13H2,1H3. The number of ether oxygens (including phenoxy) is 2. The van der Waals surface area contributed by atoms with Crippen LogP contribution >= 0.6 is 11.6 Å². The number of carbonyl (C=O) groups is 1. The van der Waals surface area contributed by atoms with Gasteiger partial charge in [-0.2, -0.15) is 0 Å². The molecule has 0 atom stereocenters. The number of benzene rings is 2. The van der Waals surface area contributed by atoms with E-state index in [1.165, 1.54) is 0 Å². The fraction of sp³-hybridized carbons (Fsp3) is 0.273. The zero-order valence-corrected chi connectivity index (χ0v) is 16.7. The number of carbonyl (C=O) groups excluding carboxylic acids is 1. The van der Waals surface area contributed by atoms with Gasteiger partial charge in [-0.15, -0.1) is 0 Å². The van der Waals surface area contributed by atoms with Gasteiger partial charge in [-0.1, -0.05) is 29.8 Å². The number of fused-ring (bicyclic) bond motifs is 1. The van der Waals surface area contributed by atoms with E-state index in [-0.39, 0.29) is 29.5 Å². The van der Waals surface area contributed by atoms with E-state index >= 15 is 0 Å². The molecule has 3 aromatic rings. The minimum atomic E-state index is -0.337. The van der Waals surface area contributed by atoms with Gasteiger partial charge in [0.05, 0.1) is 23.6 Å². The van der Waals surface area contributed by atoms with Crippen molar-refractivity contribution in [2.75, 3.05) is 32.9 Å². The van der Waals surface area contributed by atoms with Gasteiger partial charge in [0, 0.05) is 18.7 Å². The number of hydrogen-bond acceptors (Lipinski definition) is 5. The summed E-state index contributed by atoms with van der Waals surface area (Å²) >= 11 is 6.34. The number of halogens is 1. The highest BCUT2D eigenvalue weighted by Gasteiger charge is 2.22. The summed E-state index contributed by atoms with van der Waals surface area (Å²) in [6.07, 6.45) is 0. The van der Waals surface area contributed by atoms with Gasteiger partial charge in [0.2, 0.25) is 11.2 Å². The van der Waals surface area contributed by atoms with Crippen molar-refractivity contribution < 1.29 is 18.7 Å². The Morgan fingerprint density at radius 1 is 1.17 bits per heavy atom. The lowest BCUT2D eigenvalue weighted by atomic mass is 10.1. The average molecular weight is 414 g/mol. The van der Waals surface area contributed by atoms with E-state index in [9.17, 15) is 9.59 Å². The normalized spacial score (nSPS) is 14.2. The summed E-state index contributed by atoms with van der Waals surface area (Å²) in [6, 6.07) is 12.4. The summed E-state index contributed by atoms with van der Waals surface area (Å²) in [5, 5.41) is 0.812. The summed E-state index contributed by atoms with van der Waals surface area (Å²) < 4.78 is 17.0. The highest BCUT2D eigenvalue weighted by molar-refractivity contribution is 6.33. The van der Waals surface area contributed by atoms with E-state index in [1.54, 1.807) is 41.3 Å². The lowest BCUT2D eigenvalue weighted by molar-refractivity contribution is -0.137. The lowest BCUT2D eigenvalue weighted by Gasteiger charge is -2.26. The van der Waals surface area contributed by atoms with Crippen molar-refractivity contribution in [3.8, 4) is 17.1 Å². The van der Waals surface area contributed by atoms with Crippen LogP contribution in [0.4, 0.5) is 0 Å². The molecule has 150 valence electrons. The van der Waals surface area contributed by atoms with Gasteiger partial charge in [-0.25, -0.2) is 0 Å². The number of amides is 1. The summed E-state index contributed by atoms with van der Waals surface area (Å²) in [6.45, 7) is 3.65. The van der Waals surface area contributed by atoms with Gasteiger partial charge in [-0.3, -0.25) is 9.59 Å². The van der Waals surface area contributed by atoms with Crippen molar-refractivity contribution in [1.82, 2.24) is 4.90 Å². The first-order valence-corrected chi connectivity index (χ1v) is 9.73. The van der Waals surface area contributed by atoms with Gasteiger partial charge in [0.25, 0.3) is 5.91 Å². The molecule has 0 N–H and O–H groups in total. The summed E-state index contributed by atoms with van der Waals surface area (Å²) in [5.41, 5.74) is 1.60. The van der Waals surface area contributed by atoms with E-state index in [4.69, 9.17) is 25.5 Å². The van der Waals surface area contributed by atoms with E-state index in [0.29, 0.717) is 47.9 Å². The third-order valence-electron chi connectivity index (χ3n) is 4.83. The first-order chi connectivity index (χ1) is 14.0. The van der Waals surface area contributed by atoms with Crippen molar-refractivity contribution in [3.05, 3.63) is 63.3 Å². The first-order valence-electron chi connectivity index (χ1n) is 9.35. The lowest BCUT2D eigenvalue weighted by Crippen LogP contribution is -2.43. The van der Waals surface area contributed by atoms with Gasteiger partial charge in [-0.05, 0) is 36.8 Å². The Labute approximate surface area is 172 Å². The maximum absolute atomic E-state index is 13.2. The Morgan fingerprint density at radius 3 is 2.69 bits per heavy atom. The second-order valence-corrected chi connectivity index (χ2v) is 7.26. The number of nitrogens with zero attached hydrogens (tertiary/aromatic N) is 1.